The van der Waals surface area contributed by atoms with Gasteiger partial charge in [0.2, 0.25) is 0 Å². The van der Waals surface area contributed by atoms with Crippen LogP contribution in [-0.2, 0) is 19.1 Å². The van der Waals surface area contributed by atoms with Crippen LogP contribution >= 0.6 is 0 Å². The molecule has 0 radical (unpaired) electrons. The first kappa shape index (κ1) is 17.7. The molecule has 0 aliphatic rings. The van der Waals surface area contributed by atoms with Gasteiger partial charge in [-0.25, -0.2) is 0 Å². The van der Waals surface area contributed by atoms with Crippen LogP contribution in [0, 0.1) is 18.8 Å². The van der Waals surface area contributed by atoms with Crippen LogP contribution < -0.4 is 0 Å². The highest BCUT2D eigenvalue weighted by atomic mass is 32.2. The number of benzene rings is 1. The summed E-state index contributed by atoms with van der Waals surface area (Å²) in [6.45, 7) is 5.68. The summed E-state index contributed by atoms with van der Waals surface area (Å²) in [5, 5.41) is 8.87. The lowest BCUT2D eigenvalue weighted by molar-refractivity contribution is -0.138. The third-order valence-corrected chi connectivity index (χ3v) is 4.33. The molecule has 21 heavy (non-hydrogen) atoms. The predicted molar refractivity (Wildman–Crippen MR) is 79.5 cm³/mol. The summed E-state index contributed by atoms with van der Waals surface area (Å²) in [6.07, 6.45) is 0.511. The zero-order chi connectivity index (χ0) is 16.0. The van der Waals surface area contributed by atoms with Crippen molar-refractivity contribution in [1.82, 2.24) is 0 Å². The number of rotatable bonds is 8. The van der Waals surface area contributed by atoms with E-state index in [0.29, 0.717) is 6.42 Å². The minimum atomic E-state index is -3.84. The van der Waals surface area contributed by atoms with Gasteiger partial charge >= 0.3 is 5.97 Å². The number of carboxylic acids is 1. The van der Waals surface area contributed by atoms with E-state index in [-0.39, 0.29) is 29.8 Å². The molecule has 0 aliphatic heterocycles. The van der Waals surface area contributed by atoms with Crippen molar-refractivity contribution in [2.45, 2.75) is 38.5 Å². The first-order chi connectivity index (χ1) is 9.70. The topological polar surface area (TPSA) is 80.7 Å². The Morgan fingerprint density at radius 3 is 2.29 bits per heavy atom. The minimum Gasteiger partial charge on any atom is -0.481 e. The minimum absolute atomic E-state index is 0.0896. The van der Waals surface area contributed by atoms with Crippen LogP contribution in [0.2, 0.25) is 0 Å². The van der Waals surface area contributed by atoms with E-state index < -0.39 is 16.1 Å². The molecule has 0 saturated heterocycles. The Morgan fingerprint density at radius 2 is 1.81 bits per heavy atom. The van der Waals surface area contributed by atoms with E-state index in [1.165, 1.54) is 12.1 Å². The molecule has 0 bridgehead atoms. The van der Waals surface area contributed by atoms with Crippen molar-refractivity contribution in [3.05, 3.63) is 29.8 Å². The molecule has 6 heteroatoms. The highest BCUT2D eigenvalue weighted by Crippen LogP contribution is 2.19. The molecule has 0 aliphatic carbocycles. The SMILES string of the molecule is Cc1ccc(S(=O)(=O)OC[C@H](CC(=O)O)CC(C)C)cc1. The summed E-state index contributed by atoms with van der Waals surface area (Å²) in [7, 11) is -3.84. The largest absolute Gasteiger partial charge is 0.481 e. The Balaban J connectivity index is 2.73. The van der Waals surface area contributed by atoms with E-state index in [4.69, 9.17) is 9.29 Å². The molecule has 0 amide bonds. The molecule has 1 aromatic carbocycles. The van der Waals surface area contributed by atoms with Crippen molar-refractivity contribution in [1.29, 1.82) is 0 Å². The highest BCUT2D eigenvalue weighted by molar-refractivity contribution is 7.86. The average Bonchev–Trinajstić information content (AvgIpc) is 2.35. The molecule has 0 unspecified atom stereocenters. The number of hydrogen-bond donors (Lipinski definition) is 1. The number of carboxylic acid groups (broad SMARTS) is 1. The molecular weight excluding hydrogens is 292 g/mol. The Bertz CT molecular complexity index is 560. The van der Waals surface area contributed by atoms with Crippen LogP contribution in [0.3, 0.4) is 0 Å². The van der Waals surface area contributed by atoms with Gasteiger partial charge in [0.05, 0.1) is 17.9 Å². The van der Waals surface area contributed by atoms with Gasteiger partial charge in [-0.2, -0.15) is 8.42 Å². The Labute approximate surface area is 126 Å². The van der Waals surface area contributed by atoms with Crippen molar-refractivity contribution in [3.8, 4) is 0 Å². The van der Waals surface area contributed by atoms with Gasteiger partial charge in [-0.1, -0.05) is 31.5 Å². The molecule has 1 rings (SSSR count). The quantitative estimate of drug-likeness (QED) is 0.746. The number of aliphatic carboxylic acids is 1. The smallest absolute Gasteiger partial charge is 0.303 e. The Morgan fingerprint density at radius 1 is 1.24 bits per heavy atom. The molecule has 118 valence electrons. The molecule has 0 saturated carbocycles. The maximum Gasteiger partial charge on any atom is 0.303 e. The van der Waals surface area contributed by atoms with Crippen LogP contribution in [0.5, 0.6) is 0 Å². The third-order valence-electron chi connectivity index (χ3n) is 3.04. The molecule has 1 atom stereocenters. The second-order valence-corrected chi connectivity index (χ2v) is 7.26. The third kappa shape index (κ3) is 6.27. The number of aryl methyl sites for hydroxylation is 1. The maximum absolute atomic E-state index is 12.0. The lowest BCUT2D eigenvalue weighted by atomic mass is 9.95. The van der Waals surface area contributed by atoms with Crippen LogP contribution in [0.15, 0.2) is 29.2 Å². The van der Waals surface area contributed by atoms with Crippen molar-refractivity contribution >= 4 is 16.1 Å². The fraction of sp³-hybridized carbons (Fsp3) is 0.533. The van der Waals surface area contributed by atoms with E-state index in [1.54, 1.807) is 12.1 Å². The Kier molecular flexibility index (Phi) is 6.36. The molecule has 0 fully saturated rings. The first-order valence-electron chi connectivity index (χ1n) is 6.88. The van der Waals surface area contributed by atoms with Gasteiger partial charge in [-0.05, 0) is 37.3 Å². The summed E-state index contributed by atoms with van der Waals surface area (Å²) in [6, 6.07) is 6.36. The summed E-state index contributed by atoms with van der Waals surface area (Å²) >= 11 is 0. The van der Waals surface area contributed by atoms with E-state index >= 15 is 0 Å². The molecule has 1 aromatic rings. The predicted octanol–water partition coefficient (Wildman–Crippen LogP) is 2.84. The van der Waals surface area contributed by atoms with Gasteiger partial charge in [0.25, 0.3) is 10.1 Å². The molecule has 0 aromatic heterocycles. The summed E-state index contributed by atoms with van der Waals surface area (Å²) in [5.41, 5.74) is 0.956. The zero-order valence-electron chi connectivity index (χ0n) is 12.6. The summed E-state index contributed by atoms with van der Waals surface area (Å²) in [5.74, 6) is -0.986. The normalized spacial score (nSPS) is 13.3. The number of hydrogen-bond acceptors (Lipinski definition) is 4. The monoisotopic (exact) mass is 314 g/mol. The van der Waals surface area contributed by atoms with Crippen molar-refractivity contribution in [2.24, 2.45) is 11.8 Å². The molecule has 5 nitrogen and oxygen atoms in total. The van der Waals surface area contributed by atoms with Crippen LogP contribution in [-0.4, -0.2) is 26.1 Å². The molecular formula is C15H22O5S. The fourth-order valence-electron chi connectivity index (χ4n) is 2.08. The molecule has 1 N–H and O–H groups in total. The highest BCUT2D eigenvalue weighted by Gasteiger charge is 2.21. The van der Waals surface area contributed by atoms with Crippen molar-refractivity contribution in [2.75, 3.05) is 6.61 Å². The Hall–Kier alpha value is -1.40. The second kappa shape index (κ2) is 7.56. The van der Waals surface area contributed by atoms with E-state index in [2.05, 4.69) is 0 Å². The average molecular weight is 314 g/mol. The first-order valence-corrected chi connectivity index (χ1v) is 8.29. The summed E-state index contributed by atoms with van der Waals surface area (Å²) in [4.78, 5) is 10.9. The van der Waals surface area contributed by atoms with Crippen molar-refractivity contribution in [3.63, 3.8) is 0 Å². The van der Waals surface area contributed by atoms with Crippen LogP contribution in [0.1, 0.15) is 32.3 Å². The molecule has 0 spiro atoms. The lowest BCUT2D eigenvalue weighted by Crippen LogP contribution is -2.19. The van der Waals surface area contributed by atoms with Gasteiger partial charge < -0.3 is 5.11 Å². The fourth-order valence-corrected chi connectivity index (χ4v) is 3.06. The standard InChI is InChI=1S/C15H22O5S/c1-11(2)8-13(9-15(16)17)10-20-21(18,19)14-6-4-12(3)5-7-14/h4-7,11,13H,8-10H2,1-3H3,(H,16,17)/t13-/m0/s1. The van der Waals surface area contributed by atoms with Crippen LogP contribution in [0.25, 0.3) is 0 Å². The van der Waals surface area contributed by atoms with Gasteiger partial charge in [-0.15, -0.1) is 0 Å². The number of carbonyl (C=O) groups is 1. The van der Waals surface area contributed by atoms with Crippen LogP contribution in [0.4, 0.5) is 0 Å². The molecule has 0 heterocycles. The van der Waals surface area contributed by atoms with Gasteiger partial charge in [-0.3, -0.25) is 8.98 Å². The van der Waals surface area contributed by atoms with Crippen molar-refractivity contribution < 1.29 is 22.5 Å². The zero-order valence-corrected chi connectivity index (χ0v) is 13.4. The van der Waals surface area contributed by atoms with E-state index in [9.17, 15) is 13.2 Å². The van der Waals surface area contributed by atoms with Gasteiger partial charge in [0, 0.05) is 0 Å². The summed E-state index contributed by atoms with van der Waals surface area (Å²) < 4.78 is 29.1. The van der Waals surface area contributed by atoms with E-state index in [1.807, 2.05) is 20.8 Å². The second-order valence-electron chi connectivity index (χ2n) is 5.65. The van der Waals surface area contributed by atoms with Gasteiger partial charge in [0.15, 0.2) is 0 Å². The van der Waals surface area contributed by atoms with Gasteiger partial charge in [0.1, 0.15) is 0 Å². The lowest BCUT2D eigenvalue weighted by Gasteiger charge is -2.17. The van der Waals surface area contributed by atoms with E-state index in [0.717, 1.165) is 5.56 Å². The maximum atomic E-state index is 12.0.